The zero-order chi connectivity index (χ0) is 14.9. The standard InChI is InChI=1S/C17H28OSi2/c1-19(2,3)18-15-14-17(12-8-9-13-17)20(4,5)16-10-6-7-11-16/h6-13,16H,14-15H2,1-5H3. The van der Waals surface area contributed by atoms with Crippen LogP contribution in [-0.2, 0) is 4.43 Å². The molecule has 0 heterocycles. The normalized spacial score (nSPS) is 21.2. The van der Waals surface area contributed by atoms with Crippen molar-refractivity contribution in [1.82, 2.24) is 0 Å². The van der Waals surface area contributed by atoms with Gasteiger partial charge in [0.15, 0.2) is 8.32 Å². The molecule has 3 heteroatoms. The summed E-state index contributed by atoms with van der Waals surface area (Å²) in [7, 11) is -2.91. The van der Waals surface area contributed by atoms with E-state index < -0.39 is 16.4 Å². The molecule has 2 aliphatic rings. The maximum absolute atomic E-state index is 6.13. The molecular formula is C17H28OSi2. The van der Waals surface area contributed by atoms with E-state index in [9.17, 15) is 0 Å². The van der Waals surface area contributed by atoms with Crippen LogP contribution in [0.15, 0.2) is 48.6 Å². The van der Waals surface area contributed by atoms with E-state index in [1.54, 1.807) is 0 Å². The number of rotatable bonds is 6. The third kappa shape index (κ3) is 3.16. The molecule has 0 N–H and O–H groups in total. The minimum absolute atomic E-state index is 0.246. The van der Waals surface area contributed by atoms with Crippen molar-refractivity contribution in [3.05, 3.63) is 48.6 Å². The lowest BCUT2D eigenvalue weighted by Gasteiger charge is -2.44. The van der Waals surface area contributed by atoms with Crippen LogP contribution in [0.2, 0.25) is 43.3 Å². The molecule has 2 aliphatic carbocycles. The maximum atomic E-state index is 6.13. The Morgan fingerprint density at radius 1 is 0.900 bits per heavy atom. The Balaban J connectivity index is 2.13. The molecule has 0 atom stereocenters. The quantitative estimate of drug-likeness (QED) is 0.605. The topological polar surface area (TPSA) is 9.23 Å². The van der Waals surface area contributed by atoms with E-state index in [0.29, 0.717) is 5.54 Å². The van der Waals surface area contributed by atoms with Crippen molar-refractivity contribution >= 4 is 16.4 Å². The Morgan fingerprint density at radius 3 is 1.95 bits per heavy atom. The number of allylic oxidation sites excluding steroid dienone is 8. The summed E-state index contributed by atoms with van der Waals surface area (Å²) in [6.45, 7) is 12.7. The minimum Gasteiger partial charge on any atom is -0.418 e. The van der Waals surface area contributed by atoms with Crippen LogP contribution in [0, 0.1) is 0 Å². The summed E-state index contributed by atoms with van der Waals surface area (Å²) < 4.78 is 6.13. The van der Waals surface area contributed by atoms with Crippen LogP contribution < -0.4 is 0 Å². The fraction of sp³-hybridized carbons (Fsp3) is 0.529. The predicted octanol–water partition coefficient (Wildman–Crippen LogP) is 5.30. The van der Waals surface area contributed by atoms with Crippen LogP contribution in [0.5, 0.6) is 0 Å². The molecule has 0 saturated carbocycles. The van der Waals surface area contributed by atoms with E-state index >= 15 is 0 Å². The number of hydrogen-bond donors (Lipinski definition) is 0. The molecule has 110 valence electrons. The van der Waals surface area contributed by atoms with Gasteiger partial charge in [-0.2, -0.15) is 0 Å². The molecule has 0 fully saturated rings. The van der Waals surface area contributed by atoms with Gasteiger partial charge in [-0.05, 0) is 31.6 Å². The van der Waals surface area contributed by atoms with Crippen LogP contribution in [0.1, 0.15) is 6.42 Å². The van der Waals surface area contributed by atoms with Crippen molar-refractivity contribution in [1.29, 1.82) is 0 Å². The molecule has 0 unspecified atom stereocenters. The highest BCUT2D eigenvalue weighted by atomic mass is 28.4. The molecule has 0 spiro atoms. The van der Waals surface area contributed by atoms with E-state index in [0.717, 1.165) is 13.0 Å². The van der Waals surface area contributed by atoms with Gasteiger partial charge in [0, 0.05) is 11.6 Å². The minimum atomic E-state index is -1.50. The Kier molecular flexibility index (Phi) is 4.42. The Labute approximate surface area is 126 Å². The summed E-state index contributed by atoms with van der Waals surface area (Å²) in [5.74, 6) is 0. The molecule has 0 bridgehead atoms. The summed E-state index contributed by atoms with van der Waals surface area (Å²) >= 11 is 0. The molecular weight excluding hydrogens is 276 g/mol. The predicted molar refractivity (Wildman–Crippen MR) is 94.4 cm³/mol. The van der Waals surface area contributed by atoms with E-state index in [1.165, 1.54) is 0 Å². The molecule has 0 radical (unpaired) electrons. The highest BCUT2D eigenvalue weighted by Crippen LogP contribution is 2.53. The smallest absolute Gasteiger partial charge is 0.183 e. The monoisotopic (exact) mass is 304 g/mol. The molecule has 20 heavy (non-hydrogen) atoms. The Bertz CT molecular complexity index is 440. The summed E-state index contributed by atoms with van der Waals surface area (Å²) in [6.07, 6.45) is 19.6. The van der Waals surface area contributed by atoms with Crippen molar-refractivity contribution in [2.75, 3.05) is 6.61 Å². The molecule has 0 aliphatic heterocycles. The summed E-state index contributed by atoms with van der Waals surface area (Å²) in [5, 5.41) is 0.246. The summed E-state index contributed by atoms with van der Waals surface area (Å²) in [5.41, 5.74) is 0.641. The third-order valence-corrected chi connectivity index (χ3v) is 10.8. The van der Waals surface area contributed by atoms with Crippen molar-refractivity contribution < 1.29 is 4.43 Å². The van der Waals surface area contributed by atoms with Gasteiger partial charge in [-0.3, -0.25) is 0 Å². The van der Waals surface area contributed by atoms with Gasteiger partial charge in [-0.1, -0.05) is 61.7 Å². The SMILES string of the molecule is C[Si](C)(C)OCCC1([Si](C)(C)C2C=CC=C2)C=CC=C1. The lowest BCUT2D eigenvalue weighted by Crippen LogP contribution is -2.44. The van der Waals surface area contributed by atoms with Crippen LogP contribution in [-0.4, -0.2) is 23.0 Å². The van der Waals surface area contributed by atoms with E-state index in [2.05, 4.69) is 81.3 Å². The van der Waals surface area contributed by atoms with Gasteiger partial charge in [0.25, 0.3) is 0 Å². The lowest BCUT2D eigenvalue weighted by atomic mass is 10.1. The van der Waals surface area contributed by atoms with Gasteiger partial charge in [0.1, 0.15) is 0 Å². The first-order chi connectivity index (χ1) is 9.27. The fourth-order valence-electron chi connectivity index (χ4n) is 3.18. The Hall–Kier alpha value is -0.646. The van der Waals surface area contributed by atoms with Gasteiger partial charge in [-0.25, -0.2) is 0 Å². The number of hydrogen-bond acceptors (Lipinski definition) is 1. The average Bonchev–Trinajstić information content (AvgIpc) is 2.99. The van der Waals surface area contributed by atoms with Crippen molar-refractivity contribution in [2.24, 2.45) is 0 Å². The second-order valence-electron chi connectivity index (χ2n) is 7.49. The largest absolute Gasteiger partial charge is 0.418 e. The molecule has 0 aromatic heterocycles. The molecule has 0 aromatic carbocycles. The van der Waals surface area contributed by atoms with E-state index in [4.69, 9.17) is 4.43 Å². The first-order valence-electron chi connectivity index (χ1n) is 7.63. The van der Waals surface area contributed by atoms with E-state index in [1.807, 2.05) is 0 Å². The van der Waals surface area contributed by atoms with Gasteiger partial charge in [0.05, 0.1) is 8.07 Å². The van der Waals surface area contributed by atoms with Gasteiger partial charge in [-0.15, -0.1) is 0 Å². The van der Waals surface area contributed by atoms with Crippen LogP contribution in [0.4, 0.5) is 0 Å². The van der Waals surface area contributed by atoms with Gasteiger partial charge < -0.3 is 4.43 Å². The first-order valence-corrected chi connectivity index (χ1v) is 14.1. The molecule has 2 rings (SSSR count). The lowest BCUT2D eigenvalue weighted by molar-refractivity contribution is 0.296. The van der Waals surface area contributed by atoms with Crippen molar-refractivity contribution in [3.8, 4) is 0 Å². The first kappa shape index (κ1) is 15.7. The maximum Gasteiger partial charge on any atom is 0.183 e. The molecule has 0 amide bonds. The van der Waals surface area contributed by atoms with Gasteiger partial charge in [0.2, 0.25) is 0 Å². The highest BCUT2D eigenvalue weighted by Gasteiger charge is 2.47. The molecule has 1 nitrogen and oxygen atoms in total. The summed E-state index contributed by atoms with van der Waals surface area (Å²) in [4.78, 5) is 0. The second-order valence-corrected chi connectivity index (χ2v) is 17.0. The van der Waals surface area contributed by atoms with Crippen LogP contribution in [0.25, 0.3) is 0 Å². The van der Waals surface area contributed by atoms with Crippen molar-refractivity contribution in [2.45, 2.75) is 49.7 Å². The zero-order valence-corrected chi connectivity index (χ0v) is 15.5. The van der Waals surface area contributed by atoms with Crippen LogP contribution >= 0.6 is 0 Å². The van der Waals surface area contributed by atoms with Crippen LogP contribution in [0.3, 0.4) is 0 Å². The third-order valence-electron chi connectivity index (χ3n) is 4.73. The van der Waals surface area contributed by atoms with Crippen molar-refractivity contribution in [3.63, 3.8) is 0 Å². The summed E-state index contributed by atoms with van der Waals surface area (Å²) in [6, 6.07) is 0. The Morgan fingerprint density at radius 2 is 1.45 bits per heavy atom. The average molecular weight is 305 g/mol. The van der Waals surface area contributed by atoms with E-state index in [-0.39, 0.29) is 5.04 Å². The molecule has 0 aromatic rings. The van der Waals surface area contributed by atoms with Gasteiger partial charge >= 0.3 is 0 Å². The second kappa shape index (κ2) is 5.62. The fourth-order valence-corrected chi connectivity index (χ4v) is 7.50. The highest BCUT2D eigenvalue weighted by molar-refractivity contribution is 6.83. The molecule has 0 saturated heterocycles. The zero-order valence-electron chi connectivity index (χ0n) is 13.5.